The molecule has 0 fully saturated rings. The predicted octanol–water partition coefficient (Wildman–Crippen LogP) is 3.28. The average Bonchev–Trinajstić information content (AvgIpc) is 1.89. The zero-order valence-electron chi connectivity index (χ0n) is 5.23. The SMILES string of the molecule is ClC(Cl)C1(Cl)C=CC=CC1. The Morgan fingerprint density at radius 3 is 2.30 bits per heavy atom. The zero-order valence-corrected chi connectivity index (χ0v) is 7.50. The van der Waals surface area contributed by atoms with E-state index >= 15 is 0 Å². The summed E-state index contributed by atoms with van der Waals surface area (Å²) in [5, 5.41) is 0. The molecule has 1 aliphatic rings. The van der Waals surface area contributed by atoms with Crippen LogP contribution in [0, 0.1) is 0 Å². The average molecular weight is 197 g/mol. The van der Waals surface area contributed by atoms with Crippen molar-refractivity contribution < 1.29 is 0 Å². The maximum Gasteiger partial charge on any atom is 0.130 e. The summed E-state index contributed by atoms with van der Waals surface area (Å²) in [6, 6.07) is 0. The van der Waals surface area contributed by atoms with Crippen molar-refractivity contribution in [1.82, 2.24) is 0 Å². The Kier molecular flexibility index (Phi) is 2.67. The Morgan fingerprint density at radius 1 is 1.30 bits per heavy atom. The molecule has 0 spiro atoms. The normalized spacial score (nSPS) is 31.6. The van der Waals surface area contributed by atoms with Crippen molar-refractivity contribution in [3.63, 3.8) is 0 Å². The van der Waals surface area contributed by atoms with Gasteiger partial charge in [-0.1, -0.05) is 24.3 Å². The van der Waals surface area contributed by atoms with Crippen LogP contribution in [0.25, 0.3) is 0 Å². The first-order valence-electron chi connectivity index (χ1n) is 2.96. The standard InChI is InChI=1S/C7H7Cl3/c8-6(9)7(10)4-2-1-3-5-7/h1-4,6H,5H2. The summed E-state index contributed by atoms with van der Waals surface area (Å²) in [5.74, 6) is 0. The van der Waals surface area contributed by atoms with Crippen LogP contribution in [0.5, 0.6) is 0 Å². The Labute approximate surface area is 75.5 Å². The Bertz CT molecular complexity index is 172. The quantitative estimate of drug-likeness (QED) is 0.566. The molecule has 0 aromatic carbocycles. The van der Waals surface area contributed by atoms with Crippen molar-refractivity contribution in [3.8, 4) is 0 Å². The molecule has 0 radical (unpaired) electrons. The fraction of sp³-hybridized carbons (Fsp3) is 0.429. The van der Waals surface area contributed by atoms with Gasteiger partial charge in [-0.15, -0.1) is 34.8 Å². The van der Waals surface area contributed by atoms with E-state index in [4.69, 9.17) is 34.8 Å². The van der Waals surface area contributed by atoms with Crippen LogP contribution in [0.1, 0.15) is 6.42 Å². The van der Waals surface area contributed by atoms with E-state index in [1.807, 2.05) is 24.3 Å². The first kappa shape index (κ1) is 8.45. The molecule has 0 saturated carbocycles. The van der Waals surface area contributed by atoms with E-state index in [1.54, 1.807) is 0 Å². The molecule has 0 bridgehead atoms. The van der Waals surface area contributed by atoms with Gasteiger partial charge in [0.25, 0.3) is 0 Å². The first-order chi connectivity index (χ1) is 4.65. The third kappa shape index (κ3) is 1.69. The van der Waals surface area contributed by atoms with Crippen LogP contribution in [0.15, 0.2) is 24.3 Å². The first-order valence-corrected chi connectivity index (χ1v) is 4.22. The number of rotatable bonds is 1. The van der Waals surface area contributed by atoms with Crippen molar-refractivity contribution in [1.29, 1.82) is 0 Å². The minimum Gasteiger partial charge on any atom is -0.111 e. The number of hydrogen-bond donors (Lipinski definition) is 0. The second kappa shape index (κ2) is 3.17. The number of alkyl halides is 3. The second-order valence-corrected chi connectivity index (χ2v) is 4.02. The van der Waals surface area contributed by atoms with E-state index in [9.17, 15) is 0 Å². The molecule has 0 saturated heterocycles. The van der Waals surface area contributed by atoms with Crippen molar-refractivity contribution in [3.05, 3.63) is 24.3 Å². The number of hydrogen-bond acceptors (Lipinski definition) is 0. The van der Waals surface area contributed by atoms with Crippen molar-refractivity contribution in [2.75, 3.05) is 0 Å². The molecular formula is C7H7Cl3. The van der Waals surface area contributed by atoms with E-state index in [0.29, 0.717) is 6.42 Å². The maximum atomic E-state index is 6.01. The van der Waals surface area contributed by atoms with Crippen LogP contribution in [-0.4, -0.2) is 9.71 Å². The van der Waals surface area contributed by atoms with Gasteiger partial charge in [-0.3, -0.25) is 0 Å². The number of allylic oxidation sites excluding steroid dienone is 4. The van der Waals surface area contributed by atoms with Gasteiger partial charge in [0.2, 0.25) is 0 Å². The fourth-order valence-corrected chi connectivity index (χ4v) is 1.26. The Morgan fingerprint density at radius 2 is 2.00 bits per heavy atom. The molecule has 0 aliphatic heterocycles. The van der Waals surface area contributed by atoms with Crippen molar-refractivity contribution in [2.24, 2.45) is 0 Å². The second-order valence-electron chi connectivity index (χ2n) is 2.22. The van der Waals surface area contributed by atoms with E-state index in [2.05, 4.69) is 0 Å². The fourth-order valence-electron chi connectivity index (χ4n) is 0.773. The molecular weight excluding hydrogens is 190 g/mol. The Balaban J connectivity index is 2.70. The van der Waals surface area contributed by atoms with E-state index < -0.39 is 9.71 Å². The molecule has 0 heterocycles. The van der Waals surface area contributed by atoms with Crippen molar-refractivity contribution >= 4 is 34.8 Å². The molecule has 0 aromatic heterocycles. The van der Waals surface area contributed by atoms with E-state index in [1.165, 1.54) is 0 Å². The van der Waals surface area contributed by atoms with Gasteiger partial charge in [0.15, 0.2) is 0 Å². The molecule has 1 atom stereocenters. The summed E-state index contributed by atoms with van der Waals surface area (Å²) >= 11 is 17.3. The highest BCUT2D eigenvalue weighted by Gasteiger charge is 2.31. The van der Waals surface area contributed by atoms with Crippen LogP contribution in [0.3, 0.4) is 0 Å². The Hall–Kier alpha value is 0.350. The molecule has 0 aromatic rings. The molecule has 3 heteroatoms. The largest absolute Gasteiger partial charge is 0.130 e. The van der Waals surface area contributed by atoms with Crippen LogP contribution in [-0.2, 0) is 0 Å². The predicted molar refractivity (Wildman–Crippen MR) is 47.0 cm³/mol. The molecule has 10 heavy (non-hydrogen) atoms. The van der Waals surface area contributed by atoms with Gasteiger partial charge in [0, 0.05) is 0 Å². The molecule has 1 rings (SSSR count). The molecule has 0 N–H and O–H groups in total. The highest BCUT2D eigenvalue weighted by Crippen LogP contribution is 2.34. The van der Waals surface area contributed by atoms with Gasteiger partial charge < -0.3 is 0 Å². The van der Waals surface area contributed by atoms with Crippen molar-refractivity contribution in [2.45, 2.75) is 16.1 Å². The lowest BCUT2D eigenvalue weighted by molar-refractivity contribution is 0.757. The summed E-state index contributed by atoms with van der Waals surface area (Å²) in [6.45, 7) is 0. The van der Waals surface area contributed by atoms with E-state index in [-0.39, 0.29) is 0 Å². The highest BCUT2D eigenvalue weighted by atomic mass is 35.5. The topological polar surface area (TPSA) is 0 Å². The van der Waals surface area contributed by atoms with Crippen LogP contribution < -0.4 is 0 Å². The van der Waals surface area contributed by atoms with Gasteiger partial charge in [-0.25, -0.2) is 0 Å². The highest BCUT2D eigenvalue weighted by molar-refractivity contribution is 6.50. The van der Waals surface area contributed by atoms with Gasteiger partial charge in [0.05, 0.1) is 4.87 Å². The molecule has 56 valence electrons. The van der Waals surface area contributed by atoms with Crippen LogP contribution >= 0.6 is 34.8 Å². The number of halogens is 3. The summed E-state index contributed by atoms with van der Waals surface area (Å²) in [4.78, 5) is -1.13. The lowest BCUT2D eigenvalue weighted by atomic mass is 10.0. The monoisotopic (exact) mass is 196 g/mol. The summed E-state index contributed by atoms with van der Waals surface area (Å²) in [7, 11) is 0. The minimum atomic E-state index is -0.585. The third-order valence-electron chi connectivity index (χ3n) is 1.41. The van der Waals surface area contributed by atoms with Gasteiger partial charge in [-0.05, 0) is 6.42 Å². The van der Waals surface area contributed by atoms with Crippen LogP contribution in [0.2, 0.25) is 0 Å². The lowest BCUT2D eigenvalue weighted by Gasteiger charge is -2.24. The zero-order chi connectivity index (χ0) is 7.61. The lowest BCUT2D eigenvalue weighted by Crippen LogP contribution is -2.26. The van der Waals surface area contributed by atoms with Gasteiger partial charge in [0.1, 0.15) is 4.84 Å². The van der Waals surface area contributed by atoms with Crippen LogP contribution in [0.4, 0.5) is 0 Å². The molecule has 1 aliphatic carbocycles. The van der Waals surface area contributed by atoms with E-state index in [0.717, 1.165) is 0 Å². The van der Waals surface area contributed by atoms with Gasteiger partial charge in [-0.2, -0.15) is 0 Å². The van der Waals surface area contributed by atoms with Gasteiger partial charge >= 0.3 is 0 Å². The summed E-state index contributed by atoms with van der Waals surface area (Å²) < 4.78 is 0. The smallest absolute Gasteiger partial charge is 0.111 e. The molecule has 0 amide bonds. The molecule has 0 nitrogen and oxygen atoms in total. The molecule has 1 unspecified atom stereocenters. The minimum absolute atomic E-state index is 0.546. The summed E-state index contributed by atoms with van der Waals surface area (Å²) in [5.41, 5.74) is 0. The summed E-state index contributed by atoms with van der Waals surface area (Å²) in [6.07, 6.45) is 8.25. The maximum absolute atomic E-state index is 6.01. The third-order valence-corrected chi connectivity index (χ3v) is 2.91.